The maximum atomic E-state index is 13.0. The molecule has 7 nitrogen and oxygen atoms in total. The molecule has 142 valence electrons. The van der Waals surface area contributed by atoms with Gasteiger partial charge in [-0.2, -0.15) is 0 Å². The first-order valence-corrected chi connectivity index (χ1v) is 8.94. The molecular weight excluding hydrogens is 332 g/mol. The second-order valence-corrected chi connectivity index (χ2v) is 7.76. The van der Waals surface area contributed by atoms with Crippen LogP contribution in [0.5, 0.6) is 0 Å². The van der Waals surface area contributed by atoms with Crippen molar-refractivity contribution in [3.63, 3.8) is 0 Å². The highest BCUT2D eigenvalue weighted by Gasteiger charge is 2.46. The Bertz CT molecular complexity index is 718. The van der Waals surface area contributed by atoms with E-state index in [4.69, 9.17) is 5.73 Å². The molecule has 2 rings (SSSR count). The summed E-state index contributed by atoms with van der Waals surface area (Å²) in [4.78, 5) is 43.1. The summed E-state index contributed by atoms with van der Waals surface area (Å²) in [6.45, 7) is 9.36. The SMILES string of the molecule is CC(C)C[C@H](C)C(=O)N(C[C@]1(C)C(=O)Nc2ncccc21)[C@@H](C)C(N)=O. The lowest BCUT2D eigenvalue weighted by molar-refractivity contribution is -0.144. The van der Waals surface area contributed by atoms with Crippen LogP contribution in [0, 0.1) is 11.8 Å². The van der Waals surface area contributed by atoms with E-state index in [9.17, 15) is 14.4 Å². The standard InChI is InChI=1S/C19H28N4O3/c1-11(2)9-12(3)17(25)23(13(4)15(20)24)10-19(5)14-7-6-8-21-16(14)22-18(19)26/h6-8,11-13H,9-10H2,1-5H3,(H2,20,24)(H,21,22,26)/t12-,13-,19-/m0/s1. The van der Waals surface area contributed by atoms with Crippen molar-refractivity contribution in [1.29, 1.82) is 0 Å². The van der Waals surface area contributed by atoms with Gasteiger partial charge in [-0.05, 0) is 32.3 Å². The van der Waals surface area contributed by atoms with Gasteiger partial charge in [-0.1, -0.05) is 26.8 Å². The van der Waals surface area contributed by atoms with Gasteiger partial charge in [-0.25, -0.2) is 4.98 Å². The minimum atomic E-state index is -0.986. The quantitative estimate of drug-likeness (QED) is 0.771. The molecule has 26 heavy (non-hydrogen) atoms. The number of nitrogens with zero attached hydrogens (tertiary/aromatic N) is 2. The van der Waals surface area contributed by atoms with Crippen molar-refractivity contribution in [2.75, 3.05) is 11.9 Å². The summed E-state index contributed by atoms with van der Waals surface area (Å²) < 4.78 is 0. The van der Waals surface area contributed by atoms with Crippen LogP contribution in [0.15, 0.2) is 18.3 Å². The summed E-state index contributed by atoms with van der Waals surface area (Å²) in [6.07, 6.45) is 2.30. The van der Waals surface area contributed by atoms with Crippen LogP contribution >= 0.6 is 0 Å². The lowest BCUT2D eigenvalue weighted by atomic mass is 9.83. The molecule has 1 aromatic rings. The van der Waals surface area contributed by atoms with Gasteiger partial charge >= 0.3 is 0 Å². The van der Waals surface area contributed by atoms with Gasteiger partial charge in [-0.15, -0.1) is 0 Å². The maximum Gasteiger partial charge on any atom is 0.239 e. The molecule has 0 radical (unpaired) electrons. The molecule has 1 aromatic heterocycles. The molecule has 0 fully saturated rings. The maximum absolute atomic E-state index is 13.0. The Morgan fingerprint density at radius 2 is 1.96 bits per heavy atom. The molecule has 7 heteroatoms. The van der Waals surface area contributed by atoms with E-state index in [-0.39, 0.29) is 24.3 Å². The van der Waals surface area contributed by atoms with Crippen LogP contribution in [0.3, 0.4) is 0 Å². The van der Waals surface area contributed by atoms with Crippen molar-refractivity contribution >= 4 is 23.5 Å². The summed E-state index contributed by atoms with van der Waals surface area (Å²) >= 11 is 0. The number of amides is 3. The zero-order valence-corrected chi connectivity index (χ0v) is 16.1. The fourth-order valence-electron chi connectivity index (χ4n) is 3.47. The molecule has 0 aromatic carbocycles. The lowest BCUT2D eigenvalue weighted by Gasteiger charge is -2.36. The van der Waals surface area contributed by atoms with E-state index in [1.54, 1.807) is 26.1 Å². The zero-order chi connectivity index (χ0) is 19.6. The predicted octanol–water partition coefficient (Wildman–Crippen LogP) is 1.68. The first kappa shape index (κ1) is 19.9. The number of nitrogens with one attached hydrogen (secondary N) is 1. The third kappa shape index (κ3) is 3.71. The number of hydrogen-bond acceptors (Lipinski definition) is 4. The highest BCUT2D eigenvalue weighted by Crippen LogP contribution is 2.37. The van der Waals surface area contributed by atoms with Crippen molar-refractivity contribution in [3.05, 3.63) is 23.9 Å². The molecule has 1 aliphatic rings. The van der Waals surface area contributed by atoms with Crippen LogP contribution in [-0.4, -0.2) is 40.2 Å². The number of hydrogen-bond donors (Lipinski definition) is 2. The number of rotatable bonds is 7. The van der Waals surface area contributed by atoms with Crippen molar-refractivity contribution in [3.8, 4) is 0 Å². The van der Waals surface area contributed by atoms with E-state index in [2.05, 4.69) is 10.3 Å². The van der Waals surface area contributed by atoms with Crippen LogP contribution in [0.1, 0.15) is 46.6 Å². The molecule has 2 heterocycles. The van der Waals surface area contributed by atoms with Crippen LogP contribution < -0.4 is 11.1 Å². The molecule has 0 saturated heterocycles. The van der Waals surface area contributed by atoms with E-state index >= 15 is 0 Å². The molecule has 0 aliphatic carbocycles. The second-order valence-electron chi connectivity index (χ2n) is 7.76. The number of pyridine rings is 1. The highest BCUT2D eigenvalue weighted by molar-refractivity contribution is 6.05. The third-order valence-corrected chi connectivity index (χ3v) is 5.03. The molecular formula is C19H28N4O3. The average molecular weight is 360 g/mol. The fraction of sp³-hybridized carbons (Fsp3) is 0.579. The molecule has 0 unspecified atom stereocenters. The molecule has 0 saturated carbocycles. The number of carbonyl (C=O) groups is 3. The van der Waals surface area contributed by atoms with Gasteiger partial charge in [0.05, 0.1) is 5.41 Å². The van der Waals surface area contributed by atoms with E-state index in [1.807, 2.05) is 26.8 Å². The first-order chi connectivity index (χ1) is 12.1. The van der Waals surface area contributed by atoms with Gasteiger partial charge in [0.2, 0.25) is 17.7 Å². The lowest BCUT2D eigenvalue weighted by Crippen LogP contribution is -2.54. The topological polar surface area (TPSA) is 105 Å². The predicted molar refractivity (Wildman–Crippen MR) is 99.2 cm³/mol. The Morgan fingerprint density at radius 3 is 2.54 bits per heavy atom. The summed E-state index contributed by atoms with van der Waals surface area (Å²) in [5.74, 6) is -0.431. The molecule has 3 amide bonds. The summed E-state index contributed by atoms with van der Waals surface area (Å²) in [5.41, 5.74) is 5.21. The number of carbonyl (C=O) groups excluding carboxylic acids is 3. The summed E-state index contributed by atoms with van der Waals surface area (Å²) in [5, 5.41) is 2.76. The number of aromatic nitrogens is 1. The minimum Gasteiger partial charge on any atom is -0.368 e. The molecule has 1 aliphatic heterocycles. The largest absolute Gasteiger partial charge is 0.368 e. The van der Waals surface area contributed by atoms with E-state index in [0.717, 1.165) is 5.56 Å². The summed E-state index contributed by atoms with van der Waals surface area (Å²) in [6, 6.07) is 2.76. The van der Waals surface area contributed by atoms with Gasteiger partial charge in [0.15, 0.2) is 0 Å². The Kier molecular flexibility index (Phi) is 5.68. The second kappa shape index (κ2) is 7.43. The van der Waals surface area contributed by atoms with Gasteiger partial charge in [0, 0.05) is 24.2 Å². The Labute approximate surface area is 154 Å². The highest BCUT2D eigenvalue weighted by atomic mass is 16.2. The van der Waals surface area contributed by atoms with Crippen molar-refractivity contribution in [2.24, 2.45) is 17.6 Å². The minimum absolute atomic E-state index is 0.0723. The number of primary amides is 1. The normalized spacial score (nSPS) is 21.1. The Hall–Kier alpha value is -2.44. The monoisotopic (exact) mass is 360 g/mol. The number of fused-ring (bicyclic) bond motifs is 1. The van der Waals surface area contributed by atoms with Gasteiger partial charge in [-0.3, -0.25) is 14.4 Å². The van der Waals surface area contributed by atoms with Crippen molar-refractivity contribution in [2.45, 2.75) is 52.5 Å². The molecule has 0 spiro atoms. The van der Waals surface area contributed by atoms with Crippen LogP contribution in [0.25, 0.3) is 0 Å². The van der Waals surface area contributed by atoms with Crippen LogP contribution in [0.4, 0.5) is 5.82 Å². The van der Waals surface area contributed by atoms with Crippen LogP contribution in [0.2, 0.25) is 0 Å². The third-order valence-electron chi connectivity index (χ3n) is 5.03. The Balaban J connectivity index is 2.37. The van der Waals surface area contributed by atoms with E-state index in [1.165, 1.54) is 4.90 Å². The number of nitrogens with two attached hydrogens (primary N) is 1. The molecule has 0 bridgehead atoms. The van der Waals surface area contributed by atoms with E-state index < -0.39 is 17.4 Å². The number of anilines is 1. The first-order valence-electron chi connectivity index (χ1n) is 8.94. The van der Waals surface area contributed by atoms with E-state index in [0.29, 0.717) is 18.2 Å². The fourth-order valence-corrected chi connectivity index (χ4v) is 3.47. The van der Waals surface area contributed by atoms with Gasteiger partial charge < -0.3 is 16.0 Å². The summed E-state index contributed by atoms with van der Waals surface area (Å²) in [7, 11) is 0. The smallest absolute Gasteiger partial charge is 0.239 e. The van der Waals surface area contributed by atoms with Crippen molar-refractivity contribution < 1.29 is 14.4 Å². The molecule has 3 N–H and O–H groups in total. The zero-order valence-electron chi connectivity index (χ0n) is 16.1. The van der Waals surface area contributed by atoms with Crippen molar-refractivity contribution in [1.82, 2.24) is 9.88 Å². The van der Waals surface area contributed by atoms with Crippen LogP contribution in [-0.2, 0) is 19.8 Å². The van der Waals surface area contributed by atoms with Gasteiger partial charge in [0.25, 0.3) is 0 Å². The average Bonchev–Trinajstić information content (AvgIpc) is 2.82. The van der Waals surface area contributed by atoms with Gasteiger partial charge in [0.1, 0.15) is 11.9 Å². The Morgan fingerprint density at radius 1 is 1.31 bits per heavy atom. The molecule has 3 atom stereocenters.